The zero-order chi connectivity index (χ0) is 27.5. The molecule has 5 heteroatoms. The lowest BCUT2D eigenvalue weighted by Crippen LogP contribution is -2.10. The Balaban J connectivity index is 1.70. The summed E-state index contributed by atoms with van der Waals surface area (Å²) in [5.74, 6) is -0.736. The lowest BCUT2D eigenvalue weighted by Gasteiger charge is -2.19. The van der Waals surface area contributed by atoms with Gasteiger partial charge in [-0.3, -0.25) is 4.79 Å². The molecular formula is C33H38O5. The lowest BCUT2D eigenvalue weighted by atomic mass is 9.87. The van der Waals surface area contributed by atoms with Crippen LogP contribution >= 0.6 is 0 Å². The number of hydrogen-bond acceptors (Lipinski definition) is 3. The monoisotopic (exact) mass is 514 g/mol. The maximum Gasteiger partial charge on any atom is 0.335 e. The maximum absolute atomic E-state index is 11.2. The first-order chi connectivity index (χ1) is 18.1. The average Bonchev–Trinajstić information content (AvgIpc) is 2.88. The Labute approximate surface area is 225 Å². The summed E-state index contributed by atoms with van der Waals surface area (Å²) in [6.45, 7) is 7.08. The van der Waals surface area contributed by atoms with E-state index in [1.54, 1.807) is 12.1 Å². The van der Waals surface area contributed by atoms with Crippen molar-refractivity contribution in [2.75, 3.05) is 0 Å². The Morgan fingerprint density at radius 2 is 1.53 bits per heavy atom. The molecule has 3 aromatic carbocycles. The molecule has 5 nitrogen and oxygen atoms in total. The summed E-state index contributed by atoms with van der Waals surface area (Å²) < 4.78 is 6.19. The number of unbranched alkanes of at least 4 members (excludes halogenated alkanes) is 1. The van der Waals surface area contributed by atoms with Gasteiger partial charge in [-0.1, -0.05) is 93.9 Å². The summed E-state index contributed by atoms with van der Waals surface area (Å²) >= 11 is 0. The Morgan fingerprint density at radius 1 is 0.868 bits per heavy atom. The standard InChI is InChI=1S/C33H38O5/c1-33(2,3)29-20-15-26(16-21-29)23-38-30-10-6-5-9-27(30)17-12-24(8-4-7-11-31(34)35)22-25-13-18-28(19-14-25)32(36)37/h5-6,9-10,12-21,24H,4,7-8,11,22-23H2,1-3H3,(H,34,35)(H,36,37). The predicted octanol–water partition coefficient (Wildman–Crippen LogP) is 7.78. The van der Waals surface area contributed by atoms with Crippen LogP contribution in [0.15, 0.2) is 78.9 Å². The minimum absolute atomic E-state index is 0.110. The van der Waals surface area contributed by atoms with Crippen LogP contribution in [0.1, 0.15) is 79.1 Å². The zero-order valence-electron chi connectivity index (χ0n) is 22.5. The minimum Gasteiger partial charge on any atom is -0.488 e. The van der Waals surface area contributed by atoms with Gasteiger partial charge in [-0.15, -0.1) is 0 Å². The van der Waals surface area contributed by atoms with Crippen LogP contribution in [-0.2, 0) is 23.2 Å². The second kappa shape index (κ2) is 13.6. The van der Waals surface area contributed by atoms with Crippen LogP contribution in [0.25, 0.3) is 6.08 Å². The summed E-state index contributed by atoms with van der Waals surface area (Å²) in [4.78, 5) is 22.1. The third-order valence-corrected chi connectivity index (χ3v) is 6.60. The molecule has 38 heavy (non-hydrogen) atoms. The fourth-order valence-electron chi connectivity index (χ4n) is 4.29. The number of para-hydroxylation sites is 1. The van der Waals surface area contributed by atoms with E-state index in [2.05, 4.69) is 57.2 Å². The zero-order valence-corrected chi connectivity index (χ0v) is 22.5. The van der Waals surface area contributed by atoms with Gasteiger partial charge in [-0.2, -0.15) is 0 Å². The largest absolute Gasteiger partial charge is 0.488 e. The smallest absolute Gasteiger partial charge is 0.335 e. The van der Waals surface area contributed by atoms with E-state index < -0.39 is 11.9 Å². The van der Waals surface area contributed by atoms with Crippen LogP contribution in [0.4, 0.5) is 0 Å². The Morgan fingerprint density at radius 3 is 2.16 bits per heavy atom. The molecule has 0 aromatic heterocycles. The molecule has 3 rings (SSSR count). The second-order valence-corrected chi connectivity index (χ2v) is 10.7. The number of carboxylic acids is 2. The summed E-state index contributed by atoms with van der Waals surface area (Å²) in [7, 11) is 0. The van der Waals surface area contributed by atoms with E-state index in [1.807, 2.05) is 36.4 Å². The van der Waals surface area contributed by atoms with Crippen molar-refractivity contribution in [3.8, 4) is 5.75 Å². The molecule has 0 bridgehead atoms. The quantitative estimate of drug-likeness (QED) is 0.228. The third-order valence-electron chi connectivity index (χ3n) is 6.60. The number of carbonyl (C=O) groups is 2. The third kappa shape index (κ3) is 9.22. The fourth-order valence-corrected chi connectivity index (χ4v) is 4.29. The molecule has 0 fully saturated rings. The molecule has 0 aliphatic carbocycles. The number of rotatable bonds is 13. The van der Waals surface area contributed by atoms with Gasteiger partial charge in [0.15, 0.2) is 0 Å². The van der Waals surface area contributed by atoms with Gasteiger partial charge in [0.1, 0.15) is 12.4 Å². The molecular weight excluding hydrogens is 476 g/mol. The maximum atomic E-state index is 11.2. The summed E-state index contributed by atoms with van der Waals surface area (Å²) in [5, 5.41) is 18.1. The Hall–Kier alpha value is -3.86. The van der Waals surface area contributed by atoms with E-state index in [-0.39, 0.29) is 23.3 Å². The van der Waals surface area contributed by atoms with Gasteiger partial charge in [0, 0.05) is 12.0 Å². The number of ether oxygens (including phenoxy) is 1. The molecule has 0 heterocycles. The van der Waals surface area contributed by atoms with Crippen molar-refractivity contribution < 1.29 is 24.5 Å². The normalized spacial score (nSPS) is 12.4. The molecule has 1 atom stereocenters. The lowest BCUT2D eigenvalue weighted by molar-refractivity contribution is -0.137. The van der Waals surface area contributed by atoms with Gasteiger partial charge < -0.3 is 14.9 Å². The van der Waals surface area contributed by atoms with Crippen LogP contribution in [0, 0.1) is 5.92 Å². The van der Waals surface area contributed by atoms with Crippen LogP contribution in [0.5, 0.6) is 5.75 Å². The van der Waals surface area contributed by atoms with Crippen LogP contribution in [0.3, 0.4) is 0 Å². The summed E-state index contributed by atoms with van der Waals surface area (Å²) in [6, 6.07) is 23.4. The minimum atomic E-state index is -0.941. The summed E-state index contributed by atoms with van der Waals surface area (Å²) in [5.41, 5.74) is 4.80. The Kier molecular flexibility index (Phi) is 10.3. The predicted molar refractivity (Wildman–Crippen MR) is 152 cm³/mol. The van der Waals surface area contributed by atoms with Crippen molar-refractivity contribution in [1.29, 1.82) is 0 Å². The Bertz CT molecular complexity index is 1220. The SMILES string of the molecule is CC(C)(C)c1ccc(COc2ccccc2C=CC(CCCCC(=O)O)Cc2ccc(C(=O)O)cc2)cc1. The van der Waals surface area contributed by atoms with Crippen molar-refractivity contribution in [2.24, 2.45) is 5.92 Å². The molecule has 0 saturated carbocycles. The molecule has 0 aliphatic rings. The molecule has 0 radical (unpaired) electrons. The number of hydrogen-bond donors (Lipinski definition) is 2. The molecule has 2 N–H and O–H groups in total. The van der Waals surface area contributed by atoms with E-state index in [0.717, 1.165) is 41.7 Å². The number of aromatic carboxylic acids is 1. The average molecular weight is 515 g/mol. The van der Waals surface area contributed by atoms with E-state index in [1.165, 1.54) is 5.56 Å². The molecule has 200 valence electrons. The molecule has 0 aliphatic heterocycles. The number of carboxylic acid groups (broad SMARTS) is 2. The number of allylic oxidation sites excluding steroid dienone is 1. The first kappa shape index (κ1) is 28.7. The van der Waals surface area contributed by atoms with Crippen LogP contribution < -0.4 is 4.74 Å². The van der Waals surface area contributed by atoms with Crippen LogP contribution in [-0.4, -0.2) is 22.2 Å². The van der Waals surface area contributed by atoms with E-state index >= 15 is 0 Å². The van der Waals surface area contributed by atoms with Crippen LogP contribution in [0.2, 0.25) is 0 Å². The van der Waals surface area contributed by atoms with Gasteiger partial charge in [-0.05, 0) is 65.5 Å². The highest BCUT2D eigenvalue weighted by Crippen LogP contribution is 2.26. The molecule has 1 unspecified atom stereocenters. The number of benzene rings is 3. The van der Waals surface area contributed by atoms with Crippen molar-refractivity contribution in [2.45, 2.75) is 64.9 Å². The fraction of sp³-hybridized carbons (Fsp3) is 0.333. The summed E-state index contributed by atoms with van der Waals surface area (Å²) in [6.07, 6.45) is 7.41. The highest BCUT2D eigenvalue weighted by atomic mass is 16.5. The first-order valence-electron chi connectivity index (χ1n) is 13.2. The van der Waals surface area contributed by atoms with Gasteiger partial charge in [-0.25, -0.2) is 4.79 Å². The highest BCUT2D eigenvalue weighted by molar-refractivity contribution is 5.87. The van der Waals surface area contributed by atoms with Crippen molar-refractivity contribution in [1.82, 2.24) is 0 Å². The first-order valence-corrected chi connectivity index (χ1v) is 13.2. The van der Waals surface area contributed by atoms with Crippen molar-refractivity contribution in [3.05, 3.63) is 107 Å². The van der Waals surface area contributed by atoms with Gasteiger partial charge in [0.25, 0.3) is 0 Å². The van der Waals surface area contributed by atoms with E-state index in [0.29, 0.717) is 13.0 Å². The topological polar surface area (TPSA) is 83.8 Å². The molecule has 3 aromatic rings. The van der Waals surface area contributed by atoms with Gasteiger partial charge >= 0.3 is 11.9 Å². The van der Waals surface area contributed by atoms with E-state index in [9.17, 15) is 14.7 Å². The highest BCUT2D eigenvalue weighted by Gasteiger charge is 2.13. The van der Waals surface area contributed by atoms with Crippen molar-refractivity contribution >= 4 is 18.0 Å². The molecule has 0 spiro atoms. The molecule has 0 saturated heterocycles. The number of aliphatic carboxylic acids is 1. The van der Waals surface area contributed by atoms with Gasteiger partial charge in [0.05, 0.1) is 5.56 Å². The molecule has 0 amide bonds. The van der Waals surface area contributed by atoms with E-state index in [4.69, 9.17) is 9.84 Å². The van der Waals surface area contributed by atoms with Gasteiger partial charge in [0.2, 0.25) is 0 Å². The second-order valence-electron chi connectivity index (χ2n) is 10.7. The van der Waals surface area contributed by atoms with Crippen molar-refractivity contribution in [3.63, 3.8) is 0 Å².